The molecule has 0 radical (unpaired) electrons. The molecule has 0 aromatic carbocycles. The first kappa shape index (κ1) is 12.5. The number of hydrogen-bond donors (Lipinski definition) is 1. The molecule has 1 unspecified atom stereocenters. The van der Waals surface area contributed by atoms with Crippen molar-refractivity contribution in [1.29, 1.82) is 0 Å². The van der Waals surface area contributed by atoms with Crippen LogP contribution in [0.1, 0.15) is 40.0 Å². The van der Waals surface area contributed by atoms with Gasteiger partial charge in [-0.3, -0.25) is 0 Å². The molecule has 15 heavy (non-hydrogen) atoms. The first-order valence-corrected chi connectivity index (χ1v) is 5.82. The van der Waals surface area contributed by atoms with E-state index in [4.69, 9.17) is 9.94 Å². The molecule has 1 aliphatic carbocycles. The molecule has 1 fully saturated rings. The standard InChI is InChI=1S/C12H23NO2/c1-10-4-5-11(12(10,2)3)6-8-15-9-7-13-14/h7,10-11,14H,4-6,8-9H2,1-3H3/t10?,11-/m0/s1. The zero-order valence-electron chi connectivity index (χ0n) is 10.1. The van der Waals surface area contributed by atoms with Crippen LogP contribution in [0.15, 0.2) is 5.16 Å². The molecule has 0 aromatic heterocycles. The van der Waals surface area contributed by atoms with Crippen LogP contribution in [0, 0.1) is 17.3 Å². The first-order valence-electron chi connectivity index (χ1n) is 5.82. The summed E-state index contributed by atoms with van der Waals surface area (Å²) >= 11 is 0. The summed E-state index contributed by atoms with van der Waals surface area (Å²) in [5.74, 6) is 1.60. The van der Waals surface area contributed by atoms with Crippen molar-refractivity contribution < 1.29 is 9.94 Å². The van der Waals surface area contributed by atoms with Crippen LogP contribution in [0.5, 0.6) is 0 Å². The van der Waals surface area contributed by atoms with Gasteiger partial charge < -0.3 is 9.94 Å². The Hall–Kier alpha value is -0.570. The predicted molar refractivity (Wildman–Crippen MR) is 61.4 cm³/mol. The van der Waals surface area contributed by atoms with Crippen LogP contribution in [-0.2, 0) is 4.74 Å². The summed E-state index contributed by atoms with van der Waals surface area (Å²) in [6.45, 7) is 8.26. The van der Waals surface area contributed by atoms with Gasteiger partial charge in [-0.15, -0.1) is 0 Å². The number of oxime groups is 1. The normalized spacial score (nSPS) is 30.1. The molecule has 2 atom stereocenters. The minimum Gasteiger partial charge on any atom is -0.411 e. The van der Waals surface area contributed by atoms with Gasteiger partial charge in [-0.25, -0.2) is 0 Å². The smallest absolute Gasteiger partial charge is 0.0851 e. The molecular formula is C12H23NO2. The van der Waals surface area contributed by atoms with E-state index in [1.165, 1.54) is 19.1 Å². The Kier molecular flexibility index (Phi) is 4.58. The molecule has 0 saturated heterocycles. The molecular weight excluding hydrogens is 190 g/mol. The van der Waals surface area contributed by atoms with Crippen molar-refractivity contribution >= 4 is 6.21 Å². The average molecular weight is 213 g/mol. The van der Waals surface area contributed by atoms with E-state index in [1.54, 1.807) is 0 Å². The summed E-state index contributed by atoms with van der Waals surface area (Å²) in [4.78, 5) is 0. The minimum atomic E-state index is 0.416. The van der Waals surface area contributed by atoms with Gasteiger partial charge in [0.05, 0.1) is 12.8 Å². The molecule has 1 N–H and O–H groups in total. The molecule has 0 aliphatic heterocycles. The molecule has 0 amide bonds. The van der Waals surface area contributed by atoms with E-state index < -0.39 is 0 Å². The largest absolute Gasteiger partial charge is 0.411 e. The molecule has 88 valence electrons. The second kappa shape index (κ2) is 5.50. The highest BCUT2D eigenvalue weighted by molar-refractivity contribution is 5.57. The number of nitrogens with zero attached hydrogens (tertiary/aromatic N) is 1. The third-order valence-corrected chi connectivity index (χ3v) is 4.16. The van der Waals surface area contributed by atoms with Crippen molar-refractivity contribution in [2.45, 2.75) is 40.0 Å². The van der Waals surface area contributed by atoms with Crippen LogP contribution in [0.25, 0.3) is 0 Å². The van der Waals surface area contributed by atoms with Crippen LogP contribution < -0.4 is 0 Å². The van der Waals surface area contributed by atoms with Gasteiger partial charge in [0.2, 0.25) is 0 Å². The van der Waals surface area contributed by atoms with Crippen LogP contribution in [-0.4, -0.2) is 24.6 Å². The first-order chi connectivity index (χ1) is 7.09. The highest BCUT2D eigenvalue weighted by atomic mass is 16.5. The Balaban J connectivity index is 2.22. The fourth-order valence-corrected chi connectivity index (χ4v) is 2.51. The average Bonchev–Trinajstić information content (AvgIpc) is 2.44. The van der Waals surface area contributed by atoms with Gasteiger partial charge in [0, 0.05) is 6.61 Å². The zero-order valence-corrected chi connectivity index (χ0v) is 10.1. The molecule has 0 heterocycles. The molecule has 1 rings (SSSR count). The van der Waals surface area contributed by atoms with Gasteiger partial charge in [-0.2, -0.15) is 0 Å². The maximum Gasteiger partial charge on any atom is 0.0851 e. The van der Waals surface area contributed by atoms with E-state index in [9.17, 15) is 0 Å². The second-order valence-electron chi connectivity index (χ2n) is 5.16. The van der Waals surface area contributed by atoms with E-state index in [0.29, 0.717) is 12.0 Å². The van der Waals surface area contributed by atoms with Gasteiger partial charge in [-0.1, -0.05) is 25.9 Å². The molecule has 3 nitrogen and oxygen atoms in total. The van der Waals surface area contributed by atoms with E-state index in [2.05, 4.69) is 25.9 Å². The molecule has 1 aliphatic rings. The van der Waals surface area contributed by atoms with Gasteiger partial charge in [0.1, 0.15) is 0 Å². The second-order valence-corrected chi connectivity index (χ2v) is 5.16. The van der Waals surface area contributed by atoms with Crippen LogP contribution in [0.3, 0.4) is 0 Å². The van der Waals surface area contributed by atoms with Crippen LogP contribution in [0.4, 0.5) is 0 Å². The topological polar surface area (TPSA) is 41.8 Å². The van der Waals surface area contributed by atoms with Crippen molar-refractivity contribution in [1.82, 2.24) is 0 Å². The number of ether oxygens (including phenoxy) is 1. The zero-order chi connectivity index (χ0) is 11.3. The Labute approximate surface area is 92.5 Å². The van der Waals surface area contributed by atoms with Crippen LogP contribution in [0.2, 0.25) is 0 Å². The summed E-state index contributed by atoms with van der Waals surface area (Å²) in [5, 5.41) is 11.1. The molecule has 1 saturated carbocycles. The van der Waals surface area contributed by atoms with Gasteiger partial charge in [-0.05, 0) is 36.5 Å². The van der Waals surface area contributed by atoms with Crippen molar-refractivity contribution in [2.24, 2.45) is 22.4 Å². The quantitative estimate of drug-likeness (QED) is 0.330. The Morgan fingerprint density at radius 3 is 2.73 bits per heavy atom. The lowest BCUT2D eigenvalue weighted by Gasteiger charge is -2.31. The van der Waals surface area contributed by atoms with Crippen LogP contribution >= 0.6 is 0 Å². The highest BCUT2D eigenvalue weighted by Crippen LogP contribution is 2.48. The van der Waals surface area contributed by atoms with Gasteiger partial charge in [0.25, 0.3) is 0 Å². The lowest BCUT2D eigenvalue weighted by atomic mass is 9.75. The van der Waals surface area contributed by atoms with E-state index in [1.807, 2.05) is 0 Å². The SMILES string of the molecule is CC1CC[C@@H](CCOCC=NO)C1(C)C. The third kappa shape index (κ3) is 3.20. The lowest BCUT2D eigenvalue weighted by Crippen LogP contribution is -2.24. The fourth-order valence-electron chi connectivity index (χ4n) is 2.51. The summed E-state index contributed by atoms with van der Waals surface area (Å²) in [6.07, 6.45) is 5.17. The summed E-state index contributed by atoms with van der Waals surface area (Å²) in [7, 11) is 0. The minimum absolute atomic E-state index is 0.416. The number of hydrogen-bond acceptors (Lipinski definition) is 3. The van der Waals surface area contributed by atoms with E-state index in [-0.39, 0.29) is 0 Å². The van der Waals surface area contributed by atoms with Gasteiger partial charge >= 0.3 is 0 Å². The summed E-state index contributed by atoms with van der Waals surface area (Å²) < 4.78 is 5.36. The Morgan fingerprint density at radius 1 is 1.47 bits per heavy atom. The highest BCUT2D eigenvalue weighted by Gasteiger charge is 2.39. The molecule has 0 aromatic rings. The maximum atomic E-state index is 8.18. The Morgan fingerprint density at radius 2 is 2.20 bits per heavy atom. The summed E-state index contributed by atoms with van der Waals surface area (Å²) in [5.41, 5.74) is 0.453. The van der Waals surface area contributed by atoms with Crippen molar-refractivity contribution in [3.05, 3.63) is 0 Å². The fraction of sp³-hybridized carbons (Fsp3) is 0.917. The van der Waals surface area contributed by atoms with Crippen molar-refractivity contribution in [3.63, 3.8) is 0 Å². The summed E-state index contributed by atoms with van der Waals surface area (Å²) in [6, 6.07) is 0. The van der Waals surface area contributed by atoms with E-state index in [0.717, 1.165) is 24.9 Å². The van der Waals surface area contributed by atoms with Crippen molar-refractivity contribution in [2.75, 3.05) is 13.2 Å². The Bertz CT molecular complexity index is 214. The molecule has 0 bridgehead atoms. The molecule has 0 spiro atoms. The third-order valence-electron chi connectivity index (χ3n) is 4.16. The lowest BCUT2D eigenvalue weighted by molar-refractivity contribution is 0.115. The van der Waals surface area contributed by atoms with Gasteiger partial charge in [0.15, 0.2) is 0 Å². The number of rotatable bonds is 5. The monoisotopic (exact) mass is 213 g/mol. The van der Waals surface area contributed by atoms with Crippen molar-refractivity contribution in [3.8, 4) is 0 Å². The van der Waals surface area contributed by atoms with E-state index >= 15 is 0 Å². The maximum absolute atomic E-state index is 8.18. The predicted octanol–water partition coefficient (Wildman–Crippen LogP) is 2.93. The molecule has 3 heteroatoms.